The summed E-state index contributed by atoms with van der Waals surface area (Å²) in [6.45, 7) is 0. The van der Waals surface area contributed by atoms with Crippen molar-refractivity contribution in [1.82, 2.24) is 15.0 Å². The molecule has 1 aromatic carbocycles. The van der Waals surface area contributed by atoms with E-state index in [2.05, 4.69) is 21.0 Å². The van der Waals surface area contributed by atoms with Gasteiger partial charge < -0.3 is 9.72 Å². The summed E-state index contributed by atoms with van der Waals surface area (Å²) in [6, 6.07) is 9.18. The first-order valence-electron chi connectivity index (χ1n) is 5.70. The van der Waals surface area contributed by atoms with Gasteiger partial charge in [0.2, 0.25) is 0 Å². The molecule has 0 aliphatic carbocycles. The van der Waals surface area contributed by atoms with Gasteiger partial charge in [-0.15, -0.1) is 0 Å². The van der Waals surface area contributed by atoms with Gasteiger partial charge in [0.25, 0.3) is 0 Å². The van der Waals surface area contributed by atoms with Crippen LogP contribution in [0.2, 0.25) is 0 Å². The van der Waals surface area contributed by atoms with Crippen LogP contribution in [0.3, 0.4) is 0 Å². The van der Waals surface area contributed by atoms with Crippen molar-refractivity contribution >= 4 is 11.0 Å². The van der Waals surface area contributed by atoms with Crippen LogP contribution in [0.15, 0.2) is 36.7 Å². The third-order valence-electron chi connectivity index (χ3n) is 2.87. The van der Waals surface area contributed by atoms with Gasteiger partial charge in [0.15, 0.2) is 0 Å². The van der Waals surface area contributed by atoms with Crippen LogP contribution in [-0.4, -0.2) is 22.1 Å². The molecule has 0 aliphatic heterocycles. The average Bonchev–Trinajstić information content (AvgIpc) is 2.90. The Morgan fingerprint density at radius 3 is 2.95 bits per heavy atom. The number of pyridine rings is 1. The molecule has 92 valence electrons. The number of H-pyrrole nitrogens is 1. The fourth-order valence-electron chi connectivity index (χ4n) is 1.94. The van der Waals surface area contributed by atoms with Crippen molar-refractivity contribution in [3.8, 4) is 23.2 Å². The van der Waals surface area contributed by atoms with Crippen LogP contribution in [0.5, 0.6) is 5.75 Å². The smallest absolute Gasteiger partial charge is 0.142 e. The third-order valence-corrected chi connectivity index (χ3v) is 2.87. The zero-order valence-electron chi connectivity index (χ0n) is 10.2. The summed E-state index contributed by atoms with van der Waals surface area (Å²) in [5, 5.41) is 8.90. The van der Waals surface area contributed by atoms with E-state index in [1.165, 1.54) is 0 Å². The van der Waals surface area contributed by atoms with Crippen molar-refractivity contribution < 1.29 is 4.74 Å². The molecule has 5 heteroatoms. The maximum atomic E-state index is 8.90. The van der Waals surface area contributed by atoms with Crippen molar-refractivity contribution in [3.63, 3.8) is 0 Å². The minimum absolute atomic E-state index is 0.554. The van der Waals surface area contributed by atoms with E-state index in [0.29, 0.717) is 17.1 Å². The van der Waals surface area contributed by atoms with Crippen molar-refractivity contribution in [2.24, 2.45) is 0 Å². The number of benzene rings is 1. The first-order valence-corrected chi connectivity index (χ1v) is 5.70. The molecule has 0 spiro atoms. The first kappa shape index (κ1) is 11.2. The van der Waals surface area contributed by atoms with Crippen LogP contribution >= 0.6 is 0 Å². The van der Waals surface area contributed by atoms with Gasteiger partial charge in [0.05, 0.1) is 41.5 Å². The second-order valence-electron chi connectivity index (χ2n) is 4.01. The van der Waals surface area contributed by atoms with Gasteiger partial charge in [-0.05, 0) is 24.3 Å². The fourth-order valence-corrected chi connectivity index (χ4v) is 1.94. The molecule has 0 saturated carbocycles. The van der Waals surface area contributed by atoms with Crippen LogP contribution in [0.4, 0.5) is 0 Å². The molecule has 0 aliphatic rings. The summed E-state index contributed by atoms with van der Waals surface area (Å²) < 4.78 is 5.31. The van der Waals surface area contributed by atoms with E-state index in [9.17, 15) is 0 Å². The van der Waals surface area contributed by atoms with Crippen molar-refractivity contribution in [1.29, 1.82) is 5.26 Å². The molecule has 1 N–H and O–H groups in total. The van der Waals surface area contributed by atoms with Crippen molar-refractivity contribution in [2.75, 3.05) is 7.11 Å². The molecule has 0 amide bonds. The van der Waals surface area contributed by atoms with Gasteiger partial charge in [0, 0.05) is 6.20 Å². The monoisotopic (exact) mass is 250 g/mol. The zero-order valence-corrected chi connectivity index (χ0v) is 10.2. The highest BCUT2D eigenvalue weighted by atomic mass is 16.5. The van der Waals surface area contributed by atoms with Gasteiger partial charge in [-0.25, -0.2) is 4.98 Å². The van der Waals surface area contributed by atoms with E-state index in [1.54, 1.807) is 31.6 Å². The summed E-state index contributed by atoms with van der Waals surface area (Å²) >= 11 is 0. The molecular weight excluding hydrogens is 240 g/mol. The Morgan fingerprint density at radius 2 is 2.21 bits per heavy atom. The Bertz CT molecular complexity index is 752. The number of aromatic amines is 1. The average molecular weight is 250 g/mol. The molecule has 2 aromatic heterocycles. The molecular formula is C14H10N4O. The molecule has 0 saturated heterocycles. The van der Waals surface area contributed by atoms with Crippen LogP contribution in [0, 0.1) is 11.3 Å². The van der Waals surface area contributed by atoms with E-state index in [-0.39, 0.29) is 0 Å². The zero-order chi connectivity index (χ0) is 13.2. The Morgan fingerprint density at radius 1 is 1.32 bits per heavy atom. The summed E-state index contributed by atoms with van der Waals surface area (Å²) in [5.41, 5.74) is 3.08. The first-order chi connectivity index (χ1) is 9.31. The Labute approximate surface area is 109 Å². The lowest BCUT2D eigenvalue weighted by Gasteiger charge is -2.05. The Hall–Kier alpha value is -2.87. The number of rotatable bonds is 2. The lowest BCUT2D eigenvalue weighted by Crippen LogP contribution is -1.90. The highest BCUT2D eigenvalue weighted by Gasteiger charge is 2.11. The molecule has 0 radical (unpaired) electrons. The quantitative estimate of drug-likeness (QED) is 0.758. The van der Waals surface area contributed by atoms with E-state index >= 15 is 0 Å². The largest absolute Gasteiger partial charge is 0.496 e. The number of aromatic nitrogens is 3. The summed E-state index contributed by atoms with van der Waals surface area (Å²) in [6.07, 6.45) is 3.42. The van der Waals surface area contributed by atoms with Crippen LogP contribution in [0.1, 0.15) is 5.56 Å². The van der Waals surface area contributed by atoms with E-state index < -0.39 is 0 Å². The van der Waals surface area contributed by atoms with Crippen LogP contribution in [0.25, 0.3) is 22.4 Å². The minimum atomic E-state index is 0.554. The second kappa shape index (κ2) is 4.42. The number of nitriles is 1. The molecule has 5 nitrogen and oxygen atoms in total. The summed E-state index contributed by atoms with van der Waals surface area (Å²) in [7, 11) is 1.57. The SMILES string of the molecule is COc1cc(C#N)ccc1-c1nc2ccncc2[nH]1. The molecule has 3 aromatic rings. The van der Waals surface area contributed by atoms with Crippen LogP contribution < -0.4 is 4.74 Å². The Kier molecular flexibility index (Phi) is 2.62. The molecule has 2 heterocycles. The number of nitrogens with zero attached hydrogens (tertiary/aromatic N) is 3. The number of imidazole rings is 1. The highest BCUT2D eigenvalue weighted by Crippen LogP contribution is 2.29. The predicted molar refractivity (Wildman–Crippen MR) is 70.6 cm³/mol. The molecule has 0 atom stereocenters. The number of hydrogen-bond donors (Lipinski definition) is 1. The van der Waals surface area contributed by atoms with E-state index in [4.69, 9.17) is 10.00 Å². The number of ether oxygens (including phenoxy) is 1. The lowest BCUT2D eigenvalue weighted by atomic mass is 10.1. The van der Waals surface area contributed by atoms with Gasteiger partial charge in [-0.3, -0.25) is 4.98 Å². The fraction of sp³-hybridized carbons (Fsp3) is 0.0714. The minimum Gasteiger partial charge on any atom is -0.496 e. The molecule has 0 bridgehead atoms. The van der Waals surface area contributed by atoms with Crippen molar-refractivity contribution in [3.05, 3.63) is 42.2 Å². The van der Waals surface area contributed by atoms with Crippen LogP contribution in [-0.2, 0) is 0 Å². The second-order valence-corrected chi connectivity index (χ2v) is 4.01. The number of methoxy groups -OCH3 is 1. The molecule has 0 fully saturated rings. The normalized spacial score (nSPS) is 10.3. The lowest BCUT2D eigenvalue weighted by molar-refractivity contribution is 0.416. The third kappa shape index (κ3) is 1.89. The van der Waals surface area contributed by atoms with E-state index in [1.807, 2.05) is 12.1 Å². The molecule has 0 unspecified atom stereocenters. The summed E-state index contributed by atoms with van der Waals surface area (Å²) in [5.74, 6) is 1.32. The number of hydrogen-bond acceptors (Lipinski definition) is 4. The molecule has 3 rings (SSSR count). The van der Waals surface area contributed by atoms with Gasteiger partial charge in [-0.1, -0.05) is 0 Å². The maximum Gasteiger partial charge on any atom is 0.142 e. The summed E-state index contributed by atoms with van der Waals surface area (Å²) in [4.78, 5) is 11.7. The van der Waals surface area contributed by atoms with Crippen molar-refractivity contribution in [2.45, 2.75) is 0 Å². The van der Waals surface area contributed by atoms with Gasteiger partial charge in [0.1, 0.15) is 11.6 Å². The Balaban J connectivity index is 2.18. The number of fused-ring (bicyclic) bond motifs is 1. The maximum absolute atomic E-state index is 8.90. The van der Waals surface area contributed by atoms with E-state index in [0.717, 1.165) is 16.6 Å². The molecule has 19 heavy (non-hydrogen) atoms. The highest BCUT2D eigenvalue weighted by molar-refractivity contribution is 5.80. The van der Waals surface area contributed by atoms with Gasteiger partial charge >= 0.3 is 0 Å². The topological polar surface area (TPSA) is 74.6 Å². The van der Waals surface area contributed by atoms with Gasteiger partial charge in [-0.2, -0.15) is 5.26 Å². The standard InChI is InChI=1S/C14H10N4O/c1-19-13-6-9(7-15)2-3-10(13)14-17-11-4-5-16-8-12(11)18-14/h2-6,8H,1H3,(H,17,18). The number of nitrogens with one attached hydrogen (secondary N) is 1. The predicted octanol–water partition coefficient (Wildman–Crippen LogP) is 2.51.